The Balaban J connectivity index is 1.76. The van der Waals surface area contributed by atoms with Gasteiger partial charge in [-0.1, -0.05) is 56.3 Å². The number of rotatable bonds is 15. The highest BCUT2D eigenvalue weighted by Gasteiger charge is 2.36. The molecule has 0 aromatic heterocycles. The summed E-state index contributed by atoms with van der Waals surface area (Å²) in [5.74, 6) is -4.17. The quantitative estimate of drug-likeness (QED) is 0.150. The van der Waals surface area contributed by atoms with E-state index in [1.54, 1.807) is 53.7 Å². The smallest absolute Gasteiger partial charge is 0.338 e. The van der Waals surface area contributed by atoms with Gasteiger partial charge in [-0.3, -0.25) is 14.4 Å². The Labute approximate surface area is 237 Å². The summed E-state index contributed by atoms with van der Waals surface area (Å²) in [4.78, 5) is 50.0. The van der Waals surface area contributed by atoms with Crippen molar-refractivity contribution in [3.05, 3.63) is 60.2 Å². The summed E-state index contributed by atoms with van der Waals surface area (Å²) < 4.78 is 21.3. The van der Waals surface area contributed by atoms with Crippen molar-refractivity contribution < 1.29 is 38.1 Å². The van der Waals surface area contributed by atoms with Gasteiger partial charge in [0.2, 0.25) is 0 Å². The SMILES string of the molecule is CC(C)OC(=O)C(C)C(CC(C)C(=O)OCCCCOC(=O)c1ccc(-c2ccccc2)cc1)C(=O)OC(C)C. The second-order valence-electron chi connectivity index (χ2n) is 10.5. The van der Waals surface area contributed by atoms with E-state index in [9.17, 15) is 19.2 Å². The molecule has 0 aliphatic heterocycles. The molecule has 8 nitrogen and oxygen atoms in total. The second-order valence-corrected chi connectivity index (χ2v) is 10.5. The molecule has 3 atom stereocenters. The fourth-order valence-electron chi connectivity index (χ4n) is 4.00. The van der Waals surface area contributed by atoms with Gasteiger partial charge in [-0.25, -0.2) is 4.79 Å². The van der Waals surface area contributed by atoms with E-state index in [2.05, 4.69) is 0 Å². The summed E-state index contributed by atoms with van der Waals surface area (Å²) in [5, 5.41) is 0. The number of benzene rings is 2. The van der Waals surface area contributed by atoms with Gasteiger partial charge in [0.25, 0.3) is 0 Å². The molecule has 0 aliphatic carbocycles. The third kappa shape index (κ3) is 10.8. The van der Waals surface area contributed by atoms with Crippen molar-refractivity contribution in [3.8, 4) is 11.1 Å². The Morgan fingerprint density at radius 2 is 1.15 bits per heavy atom. The van der Waals surface area contributed by atoms with Gasteiger partial charge in [0.15, 0.2) is 0 Å². The van der Waals surface area contributed by atoms with Crippen molar-refractivity contribution in [2.75, 3.05) is 13.2 Å². The van der Waals surface area contributed by atoms with Gasteiger partial charge in [0.1, 0.15) is 0 Å². The third-order valence-corrected chi connectivity index (χ3v) is 6.24. The first-order valence-corrected chi connectivity index (χ1v) is 13.9. The Hall–Kier alpha value is -3.68. The molecule has 0 saturated heterocycles. The molecule has 40 heavy (non-hydrogen) atoms. The lowest BCUT2D eigenvalue weighted by molar-refractivity contribution is -0.166. The fraction of sp³-hybridized carbons (Fsp3) is 0.500. The number of ether oxygens (including phenoxy) is 4. The highest BCUT2D eigenvalue weighted by atomic mass is 16.6. The minimum Gasteiger partial charge on any atom is -0.465 e. The van der Waals surface area contributed by atoms with Crippen molar-refractivity contribution in [3.63, 3.8) is 0 Å². The van der Waals surface area contributed by atoms with Gasteiger partial charge >= 0.3 is 23.9 Å². The highest BCUT2D eigenvalue weighted by molar-refractivity contribution is 5.90. The topological polar surface area (TPSA) is 105 Å². The molecule has 0 fully saturated rings. The average molecular weight is 555 g/mol. The lowest BCUT2D eigenvalue weighted by Crippen LogP contribution is -2.35. The lowest BCUT2D eigenvalue weighted by Gasteiger charge is -2.25. The van der Waals surface area contributed by atoms with Crippen LogP contribution in [-0.4, -0.2) is 49.3 Å². The summed E-state index contributed by atoms with van der Waals surface area (Å²) >= 11 is 0. The second kappa shape index (κ2) is 16.4. The number of hydrogen-bond donors (Lipinski definition) is 0. The highest BCUT2D eigenvalue weighted by Crippen LogP contribution is 2.25. The van der Waals surface area contributed by atoms with Gasteiger partial charge in [0.05, 0.1) is 48.7 Å². The maximum absolute atomic E-state index is 12.7. The number of unbranched alkanes of at least 4 members (excludes halogenated alkanes) is 1. The normalized spacial score (nSPS) is 13.3. The molecule has 0 aliphatic rings. The third-order valence-electron chi connectivity index (χ3n) is 6.24. The lowest BCUT2D eigenvalue weighted by atomic mass is 9.85. The zero-order chi connectivity index (χ0) is 29.7. The van der Waals surface area contributed by atoms with Crippen molar-refractivity contribution >= 4 is 23.9 Å². The molecule has 0 bridgehead atoms. The summed E-state index contributed by atoms with van der Waals surface area (Å²) in [7, 11) is 0. The molecule has 0 N–H and O–H groups in total. The average Bonchev–Trinajstić information content (AvgIpc) is 2.92. The predicted molar refractivity (Wildman–Crippen MR) is 151 cm³/mol. The predicted octanol–water partition coefficient (Wildman–Crippen LogP) is 6.02. The Morgan fingerprint density at radius 3 is 1.73 bits per heavy atom. The van der Waals surface area contributed by atoms with Crippen LogP contribution >= 0.6 is 0 Å². The van der Waals surface area contributed by atoms with Crippen LogP contribution in [0, 0.1) is 17.8 Å². The van der Waals surface area contributed by atoms with Gasteiger partial charge in [-0.15, -0.1) is 0 Å². The van der Waals surface area contributed by atoms with Gasteiger partial charge in [-0.2, -0.15) is 0 Å². The first-order valence-electron chi connectivity index (χ1n) is 13.9. The van der Waals surface area contributed by atoms with E-state index in [0.29, 0.717) is 18.4 Å². The maximum Gasteiger partial charge on any atom is 0.338 e. The van der Waals surface area contributed by atoms with E-state index in [1.165, 1.54) is 0 Å². The molecule has 0 amide bonds. The van der Waals surface area contributed by atoms with E-state index in [4.69, 9.17) is 18.9 Å². The van der Waals surface area contributed by atoms with Crippen molar-refractivity contribution in [1.29, 1.82) is 0 Å². The van der Waals surface area contributed by atoms with E-state index in [1.807, 2.05) is 42.5 Å². The molecule has 218 valence electrons. The minimum atomic E-state index is -0.836. The van der Waals surface area contributed by atoms with Crippen molar-refractivity contribution in [1.82, 2.24) is 0 Å². The van der Waals surface area contributed by atoms with Crippen LogP contribution in [0.1, 0.15) is 71.2 Å². The number of esters is 4. The zero-order valence-corrected chi connectivity index (χ0v) is 24.4. The summed E-state index contributed by atoms with van der Waals surface area (Å²) in [5.41, 5.74) is 2.55. The molecule has 2 rings (SSSR count). The van der Waals surface area contributed by atoms with E-state index < -0.39 is 41.6 Å². The van der Waals surface area contributed by atoms with Crippen LogP contribution in [0.15, 0.2) is 54.6 Å². The molecule has 3 unspecified atom stereocenters. The minimum absolute atomic E-state index is 0.0967. The van der Waals surface area contributed by atoms with Crippen LogP contribution in [0.5, 0.6) is 0 Å². The Kier molecular flexibility index (Phi) is 13.4. The summed E-state index contributed by atoms with van der Waals surface area (Å²) in [6.45, 7) is 10.5. The summed E-state index contributed by atoms with van der Waals surface area (Å²) in [6, 6.07) is 17.1. The van der Waals surface area contributed by atoms with Gasteiger partial charge in [-0.05, 0) is 70.2 Å². The first-order chi connectivity index (χ1) is 19.0. The van der Waals surface area contributed by atoms with Crippen LogP contribution in [0.3, 0.4) is 0 Å². The monoisotopic (exact) mass is 554 g/mol. The Bertz CT molecular complexity index is 1090. The van der Waals surface area contributed by atoms with Crippen LogP contribution in [0.25, 0.3) is 11.1 Å². The molecule has 0 spiro atoms. The standard InChI is InChI=1S/C32H42O8/c1-21(2)39-30(34)24(6)28(32(36)40-22(3)4)20-23(5)29(33)37-18-10-11-19-38-31(35)27-16-14-26(15-17-27)25-12-8-7-9-13-25/h7-9,12-17,21-24,28H,10-11,18-20H2,1-6H3. The molecule has 2 aromatic rings. The molecular formula is C32H42O8. The van der Waals surface area contributed by atoms with Crippen molar-refractivity contribution in [2.45, 2.75) is 73.0 Å². The number of carbonyl (C=O) groups is 4. The van der Waals surface area contributed by atoms with Crippen LogP contribution in [-0.2, 0) is 33.3 Å². The van der Waals surface area contributed by atoms with E-state index in [-0.39, 0.29) is 31.8 Å². The summed E-state index contributed by atoms with van der Waals surface area (Å²) in [6.07, 6.45) is 0.456. The van der Waals surface area contributed by atoms with Crippen LogP contribution in [0.2, 0.25) is 0 Å². The van der Waals surface area contributed by atoms with Gasteiger partial charge in [0, 0.05) is 0 Å². The number of hydrogen-bond acceptors (Lipinski definition) is 8. The largest absolute Gasteiger partial charge is 0.465 e. The molecule has 2 aromatic carbocycles. The maximum atomic E-state index is 12.7. The van der Waals surface area contributed by atoms with Crippen LogP contribution < -0.4 is 0 Å². The fourth-order valence-corrected chi connectivity index (χ4v) is 4.00. The Morgan fingerprint density at radius 1 is 0.625 bits per heavy atom. The van der Waals surface area contributed by atoms with Crippen molar-refractivity contribution in [2.24, 2.45) is 17.8 Å². The number of carbonyl (C=O) groups excluding carboxylic acids is 4. The van der Waals surface area contributed by atoms with Gasteiger partial charge < -0.3 is 18.9 Å². The molecule has 0 saturated carbocycles. The molecule has 8 heteroatoms. The molecular weight excluding hydrogens is 512 g/mol. The van der Waals surface area contributed by atoms with E-state index in [0.717, 1.165) is 11.1 Å². The zero-order valence-electron chi connectivity index (χ0n) is 24.4. The molecule has 0 radical (unpaired) electrons. The van der Waals surface area contributed by atoms with Crippen LogP contribution in [0.4, 0.5) is 0 Å². The molecule has 0 heterocycles. The van der Waals surface area contributed by atoms with E-state index >= 15 is 0 Å². The first kappa shape index (κ1) is 32.5.